The second kappa shape index (κ2) is 5.67. The molecule has 0 saturated carbocycles. The number of carboxylic acid groups (broad SMARTS) is 1. The summed E-state index contributed by atoms with van der Waals surface area (Å²) in [4.78, 5) is 27.4. The summed E-state index contributed by atoms with van der Waals surface area (Å²) < 4.78 is 11.9. The number of carboxylic acids is 1. The molecule has 0 bridgehead atoms. The van der Waals surface area contributed by atoms with Gasteiger partial charge >= 0.3 is 11.9 Å². The van der Waals surface area contributed by atoms with E-state index in [1.165, 1.54) is 7.11 Å². The molecule has 2 aromatic heterocycles. The number of esters is 1. The molecule has 1 N–H and O–H groups in total. The zero-order chi connectivity index (χ0) is 15.7. The number of carbonyl (C=O) groups is 2. The van der Waals surface area contributed by atoms with Crippen LogP contribution >= 0.6 is 0 Å². The van der Waals surface area contributed by atoms with Crippen molar-refractivity contribution in [3.8, 4) is 0 Å². The summed E-state index contributed by atoms with van der Waals surface area (Å²) in [5, 5.41) is 9.31. The maximum Gasteiger partial charge on any atom is 0.356 e. The number of fused-ring (bicyclic) bond motifs is 1. The Labute approximate surface area is 126 Å². The van der Waals surface area contributed by atoms with Crippen molar-refractivity contribution < 1.29 is 23.8 Å². The molecule has 0 aliphatic carbocycles. The van der Waals surface area contributed by atoms with Crippen LogP contribution in [0.4, 0.5) is 0 Å². The number of hydrogen-bond donors (Lipinski definition) is 1. The first kappa shape index (κ1) is 14.4. The van der Waals surface area contributed by atoms with E-state index in [2.05, 4.69) is 4.98 Å². The molecule has 0 aromatic carbocycles. The molecule has 0 spiro atoms. The second-order valence-electron chi connectivity index (χ2n) is 5.25. The van der Waals surface area contributed by atoms with Crippen LogP contribution in [0.25, 0.3) is 0 Å². The van der Waals surface area contributed by atoms with Gasteiger partial charge in [-0.1, -0.05) is 0 Å². The highest BCUT2D eigenvalue weighted by atomic mass is 16.5. The predicted octanol–water partition coefficient (Wildman–Crippen LogP) is 1.50. The van der Waals surface area contributed by atoms with Crippen molar-refractivity contribution in [2.75, 3.05) is 7.11 Å². The number of furan rings is 1. The first-order valence-corrected chi connectivity index (χ1v) is 7.02. The Balaban J connectivity index is 1.97. The molecule has 0 amide bonds. The number of nitrogens with zero attached hydrogens (tertiary/aromatic N) is 2. The summed E-state index contributed by atoms with van der Waals surface area (Å²) in [5.41, 5.74) is 0.721. The quantitative estimate of drug-likeness (QED) is 0.860. The van der Waals surface area contributed by atoms with Crippen molar-refractivity contribution in [2.45, 2.75) is 25.8 Å². The van der Waals surface area contributed by atoms with Gasteiger partial charge in [-0.2, -0.15) is 0 Å². The molecule has 7 heteroatoms. The zero-order valence-electron chi connectivity index (χ0n) is 12.1. The molecule has 1 unspecified atom stereocenters. The van der Waals surface area contributed by atoms with Crippen LogP contribution in [-0.4, -0.2) is 33.7 Å². The third-order valence-corrected chi connectivity index (χ3v) is 3.93. The van der Waals surface area contributed by atoms with E-state index < -0.39 is 5.97 Å². The van der Waals surface area contributed by atoms with Crippen molar-refractivity contribution in [3.63, 3.8) is 0 Å². The van der Waals surface area contributed by atoms with Crippen LogP contribution in [0, 0.1) is 5.92 Å². The van der Waals surface area contributed by atoms with Gasteiger partial charge in [0.15, 0.2) is 5.69 Å². The van der Waals surface area contributed by atoms with E-state index in [0.29, 0.717) is 43.1 Å². The Morgan fingerprint density at radius 1 is 1.55 bits per heavy atom. The Hall–Kier alpha value is -2.57. The smallest absolute Gasteiger partial charge is 0.356 e. The van der Waals surface area contributed by atoms with Crippen LogP contribution in [0.3, 0.4) is 0 Å². The van der Waals surface area contributed by atoms with E-state index >= 15 is 0 Å². The Morgan fingerprint density at radius 3 is 3.00 bits per heavy atom. The molecule has 0 fully saturated rings. The van der Waals surface area contributed by atoms with Gasteiger partial charge in [-0.15, -0.1) is 0 Å². The highest BCUT2D eigenvalue weighted by Crippen LogP contribution is 2.26. The van der Waals surface area contributed by atoms with Crippen molar-refractivity contribution in [1.29, 1.82) is 0 Å². The number of aromatic carboxylic acids is 1. The number of ether oxygens (including phenoxy) is 1. The maximum atomic E-state index is 11.8. The lowest BCUT2D eigenvalue weighted by atomic mass is 9.97. The number of carbonyl (C=O) groups excluding carboxylic acids is 1. The van der Waals surface area contributed by atoms with Crippen LogP contribution in [-0.2, 0) is 28.9 Å². The molecule has 7 nitrogen and oxygen atoms in total. The third-order valence-electron chi connectivity index (χ3n) is 3.93. The van der Waals surface area contributed by atoms with Gasteiger partial charge in [-0.05, 0) is 25.0 Å². The van der Waals surface area contributed by atoms with Gasteiger partial charge in [0.25, 0.3) is 0 Å². The fourth-order valence-electron chi connectivity index (χ4n) is 2.86. The van der Waals surface area contributed by atoms with E-state index in [9.17, 15) is 14.7 Å². The minimum absolute atomic E-state index is 0.0601. The fraction of sp³-hybridized carbons (Fsp3) is 0.400. The Morgan fingerprint density at radius 2 is 2.36 bits per heavy atom. The van der Waals surface area contributed by atoms with Crippen molar-refractivity contribution in [3.05, 3.63) is 41.4 Å². The van der Waals surface area contributed by atoms with Crippen LogP contribution in [0.2, 0.25) is 0 Å². The van der Waals surface area contributed by atoms with Crippen molar-refractivity contribution >= 4 is 11.9 Å². The van der Waals surface area contributed by atoms with Crippen LogP contribution in [0.1, 0.15) is 34.2 Å². The zero-order valence-corrected chi connectivity index (χ0v) is 12.1. The predicted molar refractivity (Wildman–Crippen MR) is 74.5 cm³/mol. The van der Waals surface area contributed by atoms with E-state index in [1.807, 2.05) is 10.6 Å². The summed E-state index contributed by atoms with van der Waals surface area (Å²) in [5.74, 6) is -0.310. The van der Waals surface area contributed by atoms with Gasteiger partial charge in [0, 0.05) is 6.54 Å². The molecule has 0 saturated heterocycles. The van der Waals surface area contributed by atoms with Crippen LogP contribution < -0.4 is 0 Å². The molecule has 3 heterocycles. The van der Waals surface area contributed by atoms with Gasteiger partial charge in [-0.3, -0.25) is 4.79 Å². The second-order valence-corrected chi connectivity index (χ2v) is 5.25. The lowest BCUT2D eigenvalue weighted by Crippen LogP contribution is -2.29. The van der Waals surface area contributed by atoms with Gasteiger partial charge in [0.05, 0.1) is 31.4 Å². The van der Waals surface area contributed by atoms with Crippen LogP contribution in [0.5, 0.6) is 0 Å². The molecule has 0 radical (unpaired) electrons. The molecule has 116 valence electrons. The molecular formula is C15H16N2O5. The monoisotopic (exact) mass is 304 g/mol. The molecule has 1 aliphatic heterocycles. The van der Waals surface area contributed by atoms with Gasteiger partial charge in [-0.25, -0.2) is 9.78 Å². The number of hydrogen-bond acceptors (Lipinski definition) is 5. The summed E-state index contributed by atoms with van der Waals surface area (Å²) >= 11 is 0. The normalized spacial score (nSPS) is 17.0. The minimum Gasteiger partial charge on any atom is -0.476 e. The average Bonchev–Trinajstić information content (AvgIpc) is 3.14. The summed E-state index contributed by atoms with van der Waals surface area (Å²) in [7, 11) is 1.36. The standard InChI is InChI=1S/C15H16N2O5/c1-21-15(20)9-4-5-11-13(14(18)19)16-12(17(11)8-9)7-10-3-2-6-22-10/h2-3,6,9H,4-5,7-8H2,1H3,(H,18,19). The SMILES string of the molecule is COC(=O)C1CCc2c(C(=O)O)nc(Cc3ccco3)n2C1. The average molecular weight is 304 g/mol. The highest BCUT2D eigenvalue weighted by Gasteiger charge is 2.31. The number of aromatic nitrogens is 2. The Kier molecular flexibility index (Phi) is 3.70. The third kappa shape index (κ3) is 2.49. The van der Waals surface area contributed by atoms with Gasteiger partial charge < -0.3 is 18.8 Å². The van der Waals surface area contributed by atoms with Crippen LogP contribution in [0.15, 0.2) is 22.8 Å². The van der Waals surface area contributed by atoms with Crippen molar-refractivity contribution in [1.82, 2.24) is 9.55 Å². The topological polar surface area (TPSA) is 94.6 Å². The summed E-state index contributed by atoms with van der Waals surface area (Å²) in [6, 6.07) is 3.58. The number of rotatable bonds is 4. The summed E-state index contributed by atoms with van der Waals surface area (Å²) in [6.07, 6.45) is 3.01. The van der Waals surface area contributed by atoms with E-state index in [0.717, 1.165) is 0 Å². The van der Waals surface area contributed by atoms with Gasteiger partial charge in [0.1, 0.15) is 11.6 Å². The number of imidazole rings is 1. The highest BCUT2D eigenvalue weighted by molar-refractivity contribution is 5.87. The largest absolute Gasteiger partial charge is 0.476 e. The fourth-order valence-corrected chi connectivity index (χ4v) is 2.86. The molecular weight excluding hydrogens is 288 g/mol. The Bertz CT molecular complexity index is 702. The van der Waals surface area contributed by atoms with E-state index in [4.69, 9.17) is 9.15 Å². The van der Waals surface area contributed by atoms with E-state index in [-0.39, 0.29) is 17.6 Å². The molecule has 3 rings (SSSR count). The lowest BCUT2D eigenvalue weighted by molar-refractivity contribution is -0.146. The van der Waals surface area contributed by atoms with Gasteiger partial charge in [0.2, 0.25) is 0 Å². The van der Waals surface area contributed by atoms with E-state index in [1.54, 1.807) is 12.3 Å². The first-order chi connectivity index (χ1) is 10.6. The maximum absolute atomic E-state index is 11.8. The van der Waals surface area contributed by atoms with Crippen molar-refractivity contribution in [2.24, 2.45) is 5.92 Å². The molecule has 2 aromatic rings. The lowest BCUT2D eigenvalue weighted by Gasteiger charge is -2.23. The minimum atomic E-state index is -1.05. The summed E-state index contributed by atoms with van der Waals surface area (Å²) in [6.45, 7) is 0.387. The molecule has 1 aliphatic rings. The number of methoxy groups -OCH3 is 1. The first-order valence-electron chi connectivity index (χ1n) is 7.02. The molecule has 1 atom stereocenters. The molecule has 22 heavy (non-hydrogen) atoms.